The van der Waals surface area contributed by atoms with E-state index in [1.54, 1.807) is 0 Å². The minimum atomic E-state index is 0.660. The lowest BCUT2D eigenvalue weighted by Gasteiger charge is -2.17. The largest absolute Gasteiger partial charge is 0.398 e. The Morgan fingerprint density at radius 2 is 1.95 bits per heavy atom. The first-order chi connectivity index (χ1) is 9.72. The van der Waals surface area contributed by atoms with Crippen molar-refractivity contribution in [2.75, 3.05) is 18.8 Å². The first-order valence-electron chi connectivity index (χ1n) is 7.03. The molecule has 2 aromatic carbocycles. The van der Waals surface area contributed by atoms with Crippen LogP contribution in [0.25, 0.3) is 0 Å². The van der Waals surface area contributed by atoms with E-state index in [0.29, 0.717) is 5.92 Å². The van der Waals surface area contributed by atoms with Crippen molar-refractivity contribution in [2.45, 2.75) is 18.9 Å². The molecular weight excluding hydrogens is 312 g/mol. The van der Waals surface area contributed by atoms with E-state index >= 15 is 0 Å². The average molecular weight is 331 g/mol. The van der Waals surface area contributed by atoms with Gasteiger partial charge in [0.05, 0.1) is 0 Å². The van der Waals surface area contributed by atoms with Crippen molar-refractivity contribution in [3.63, 3.8) is 0 Å². The molecule has 2 N–H and O–H groups in total. The van der Waals surface area contributed by atoms with Crippen molar-refractivity contribution in [1.29, 1.82) is 0 Å². The van der Waals surface area contributed by atoms with E-state index in [2.05, 4.69) is 63.3 Å². The number of nitrogen functional groups attached to an aromatic ring is 1. The number of benzene rings is 2. The molecular formula is C17H19BrN2. The normalized spacial score (nSPS) is 19.4. The fraction of sp³-hybridized carbons (Fsp3) is 0.294. The Labute approximate surface area is 128 Å². The van der Waals surface area contributed by atoms with E-state index in [0.717, 1.165) is 29.8 Å². The number of halogens is 1. The van der Waals surface area contributed by atoms with Crippen molar-refractivity contribution in [1.82, 2.24) is 4.90 Å². The van der Waals surface area contributed by atoms with Crippen LogP contribution in [-0.4, -0.2) is 18.0 Å². The second-order valence-corrected chi connectivity index (χ2v) is 6.39. The first-order valence-corrected chi connectivity index (χ1v) is 7.83. The number of anilines is 1. The van der Waals surface area contributed by atoms with E-state index in [9.17, 15) is 0 Å². The van der Waals surface area contributed by atoms with Gasteiger partial charge in [0.15, 0.2) is 0 Å². The van der Waals surface area contributed by atoms with E-state index in [-0.39, 0.29) is 0 Å². The van der Waals surface area contributed by atoms with E-state index < -0.39 is 0 Å². The van der Waals surface area contributed by atoms with Gasteiger partial charge >= 0.3 is 0 Å². The lowest BCUT2D eigenvalue weighted by Crippen LogP contribution is -2.20. The van der Waals surface area contributed by atoms with Crippen LogP contribution in [0, 0.1) is 0 Å². The molecule has 0 radical (unpaired) electrons. The van der Waals surface area contributed by atoms with Gasteiger partial charge in [-0.1, -0.05) is 52.3 Å². The molecule has 1 unspecified atom stereocenters. The van der Waals surface area contributed by atoms with Gasteiger partial charge in [-0.15, -0.1) is 0 Å². The molecule has 3 rings (SSSR count). The van der Waals surface area contributed by atoms with E-state index in [4.69, 9.17) is 5.73 Å². The van der Waals surface area contributed by atoms with Gasteiger partial charge in [-0.25, -0.2) is 0 Å². The van der Waals surface area contributed by atoms with Gasteiger partial charge in [0, 0.05) is 23.2 Å². The molecule has 0 aliphatic carbocycles. The molecule has 1 aliphatic heterocycles. The molecule has 0 aromatic heterocycles. The van der Waals surface area contributed by atoms with Gasteiger partial charge in [-0.3, -0.25) is 4.90 Å². The number of nitrogens with two attached hydrogens (primary N) is 1. The Bertz CT molecular complexity index is 583. The SMILES string of the molecule is Nc1cc(Br)ccc1CN1CCC(c2ccccc2)C1. The Morgan fingerprint density at radius 1 is 1.15 bits per heavy atom. The quantitative estimate of drug-likeness (QED) is 0.861. The average Bonchev–Trinajstić information content (AvgIpc) is 2.92. The Morgan fingerprint density at radius 3 is 2.70 bits per heavy atom. The summed E-state index contributed by atoms with van der Waals surface area (Å²) in [5.74, 6) is 0.660. The predicted octanol–water partition coefficient (Wildman–Crippen LogP) is 4.02. The third-order valence-corrected chi connectivity index (χ3v) is 4.54. The van der Waals surface area contributed by atoms with Crippen molar-refractivity contribution in [3.05, 3.63) is 64.1 Å². The summed E-state index contributed by atoms with van der Waals surface area (Å²) >= 11 is 3.46. The maximum absolute atomic E-state index is 6.09. The van der Waals surface area contributed by atoms with E-state index in [1.807, 2.05) is 6.07 Å². The lowest BCUT2D eigenvalue weighted by atomic mass is 9.99. The zero-order valence-electron chi connectivity index (χ0n) is 11.4. The summed E-state index contributed by atoms with van der Waals surface area (Å²) in [5.41, 5.74) is 9.65. The molecule has 1 saturated heterocycles. The maximum Gasteiger partial charge on any atom is 0.0371 e. The van der Waals surface area contributed by atoms with Crippen LogP contribution in [0.1, 0.15) is 23.5 Å². The van der Waals surface area contributed by atoms with Crippen LogP contribution < -0.4 is 5.73 Å². The molecule has 20 heavy (non-hydrogen) atoms. The third kappa shape index (κ3) is 3.05. The second-order valence-electron chi connectivity index (χ2n) is 5.47. The van der Waals surface area contributed by atoms with E-state index in [1.165, 1.54) is 17.5 Å². The summed E-state index contributed by atoms with van der Waals surface area (Å²) in [7, 11) is 0. The summed E-state index contributed by atoms with van der Waals surface area (Å²) in [6.07, 6.45) is 1.24. The molecule has 1 atom stereocenters. The zero-order valence-corrected chi connectivity index (χ0v) is 13.0. The first kappa shape index (κ1) is 13.7. The third-order valence-electron chi connectivity index (χ3n) is 4.05. The number of hydrogen-bond acceptors (Lipinski definition) is 2. The number of hydrogen-bond donors (Lipinski definition) is 1. The topological polar surface area (TPSA) is 29.3 Å². The smallest absolute Gasteiger partial charge is 0.0371 e. The number of nitrogens with zero attached hydrogens (tertiary/aromatic N) is 1. The van der Waals surface area contributed by atoms with Crippen LogP contribution in [0.4, 0.5) is 5.69 Å². The van der Waals surface area contributed by atoms with Crippen molar-refractivity contribution in [2.24, 2.45) is 0 Å². The minimum Gasteiger partial charge on any atom is -0.398 e. The van der Waals surface area contributed by atoms with Gasteiger partial charge < -0.3 is 5.73 Å². The van der Waals surface area contributed by atoms with Crippen LogP contribution in [0.5, 0.6) is 0 Å². The maximum atomic E-state index is 6.09. The minimum absolute atomic E-state index is 0.660. The molecule has 2 aromatic rings. The number of rotatable bonds is 3. The van der Waals surface area contributed by atoms with Crippen LogP contribution in [0.3, 0.4) is 0 Å². The van der Waals surface area contributed by atoms with Crippen molar-refractivity contribution in [3.8, 4) is 0 Å². The summed E-state index contributed by atoms with van der Waals surface area (Å²) < 4.78 is 1.04. The van der Waals surface area contributed by atoms with Crippen molar-refractivity contribution >= 4 is 21.6 Å². The van der Waals surface area contributed by atoms with Crippen LogP contribution in [0.2, 0.25) is 0 Å². The molecule has 104 valence electrons. The monoisotopic (exact) mass is 330 g/mol. The van der Waals surface area contributed by atoms with Gasteiger partial charge in [-0.2, -0.15) is 0 Å². The standard InChI is InChI=1S/C17H19BrN2/c18-16-7-6-15(17(19)10-16)12-20-9-8-14(11-20)13-4-2-1-3-5-13/h1-7,10,14H,8-9,11-12,19H2. The van der Waals surface area contributed by atoms with Gasteiger partial charge in [-0.05, 0) is 42.1 Å². The highest BCUT2D eigenvalue weighted by atomic mass is 79.9. The highest BCUT2D eigenvalue weighted by Gasteiger charge is 2.23. The molecule has 0 bridgehead atoms. The highest BCUT2D eigenvalue weighted by Crippen LogP contribution is 2.29. The van der Waals surface area contributed by atoms with Crippen LogP contribution in [-0.2, 0) is 6.54 Å². The van der Waals surface area contributed by atoms with Gasteiger partial charge in [0.1, 0.15) is 0 Å². The zero-order chi connectivity index (χ0) is 13.9. The van der Waals surface area contributed by atoms with Gasteiger partial charge in [0.2, 0.25) is 0 Å². The predicted molar refractivity (Wildman–Crippen MR) is 87.6 cm³/mol. The molecule has 3 heteroatoms. The molecule has 0 saturated carbocycles. The molecule has 1 aliphatic rings. The van der Waals surface area contributed by atoms with Crippen LogP contribution >= 0.6 is 15.9 Å². The summed E-state index contributed by atoms with van der Waals surface area (Å²) in [6.45, 7) is 3.22. The lowest BCUT2D eigenvalue weighted by molar-refractivity contribution is 0.327. The van der Waals surface area contributed by atoms with Gasteiger partial charge in [0.25, 0.3) is 0 Å². The van der Waals surface area contributed by atoms with Crippen LogP contribution in [0.15, 0.2) is 53.0 Å². The Kier molecular flexibility index (Phi) is 4.08. The summed E-state index contributed by atoms with van der Waals surface area (Å²) in [4.78, 5) is 2.50. The summed E-state index contributed by atoms with van der Waals surface area (Å²) in [5, 5.41) is 0. The molecule has 0 amide bonds. The number of likely N-dealkylation sites (tertiary alicyclic amines) is 1. The Balaban J connectivity index is 1.66. The highest BCUT2D eigenvalue weighted by molar-refractivity contribution is 9.10. The second kappa shape index (κ2) is 5.98. The van der Waals surface area contributed by atoms with Crippen molar-refractivity contribution < 1.29 is 0 Å². The fourth-order valence-electron chi connectivity index (χ4n) is 2.92. The fourth-order valence-corrected chi connectivity index (χ4v) is 3.30. The molecule has 0 spiro atoms. The molecule has 1 heterocycles. The molecule has 2 nitrogen and oxygen atoms in total. The summed E-state index contributed by atoms with van der Waals surface area (Å²) in [6, 6.07) is 17.0. The molecule has 1 fully saturated rings. The Hall–Kier alpha value is -1.32.